The van der Waals surface area contributed by atoms with Gasteiger partial charge < -0.3 is 0 Å². The first-order valence-corrected chi connectivity index (χ1v) is 5.87. The Balaban J connectivity index is 2.82. The molecule has 0 aromatic carbocycles. The van der Waals surface area contributed by atoms with E-state index in [0.29, 0.717) is 0 Å². The van der Waals surface area contributed by atoms with Crippen molar-refractivity contribution in [2.75, 3.05) is 0 Å². The van der Waals surface area contributed by atoms with Crippen molar-refractivity contribution in [3.8, 4) is 0 Å². The van der Waals surface area contributed by atoms with Gasteiger partial charge in [0.25, 0.3) is 0 Å². The summed E-state index contributed by atoms with van der Waals surface area (Å²) in [4.78, 5) is 0. The molecule has 0 spiro atoms. The Hall–Kier alpha value is 0.310. The Labute approximate surface area is 61.8 Å². The van der Waals surface area contributed by atoms with E-state index >= 15 is 0 Å². The molecule has 0 aliphatic carbocycles. The van der Waals surface area contributed by atoms with Crippen LogP contribution in [0.4, 0.5) is 0 Å². The summed E-state index contributed by atoms with van der Waals surface area (Å²) in [5, 5.41) is 0. The zero-order valence-electron chi connectivity index (χ0n) is 5.31. The van der Waals surface area contributed by atoms with Gasteiger partial charge in [-0.2, -0.15) is 0 Å². The first-order chi connectivity index (χ1) is 3.91. The molecular weight excluding hydrogens is 212 g/mol. The van der Waals surface area contributed by atoms with Crippen molar-refractivity contribution in [1.82, 2.24) is 0 Å². The SMILES string of the molecule is C=C=C[Te]CCCC. The third-order valence-electron chi connectivity index (χ3n) is 0.782. The monoisotopic (exact) mass is 226 g/mol. The van der Waals surface area contributed by atoms with Crippen LogP contribution in [0.1, 0.15) is 19.8 Å². The third-order valence-corrected chi connectivity index (χ3v) is 3.23. The molecular formula is C7H12Te. The van der Waals surface area contributed by atoms with Crippen LogP contribution in [0.15, 0.2) is 16.4 Å². The van der Waals surface area contributed by atoms with E-state index in [2.05, 4.69) is 23.4 Å². The molecule has 0 bridgehead atoms. The molecule has 0 rings (SSSR count). The molecule has 0 fully saturated rings. The van der Waals surface area contributed by atoms with Gasteiger partial charge in [0.2, 0.25) is 0 Å². The first-order valence-electron chi connectivity index (χ1n) is 2.87. The van der Waals surface area contributed by atoms with E-state index < -0.39 is 0 Å². The summed E-state index contributed by atoms with van der Waals surface area (Å²) in [6, 6.07) is 0. The van der Waals surface area contributed by atoms with E-state index in [-0.39, 0.29) is 20.9 Å². The van der Waals surface area contributed by atoms with Crippen molar-refractivity contribution in [2.24, 2.45) is 0 Å². The molecule has 0 saturated carbocycles. The van der Waals surface area contributed by atoms with Crippen LogP contribution in [0.25, 0.3) is 0 Å². The Morgan fingerprint density at radius 1 is 1.75 bits per heavy atom. The van der Waals surface area contributed by atoms with Gasteiger partial charge in [-0.3, -0.25) is 0 Å². The topological polar surface area (TPSA) is 0 Å². The van der Waals surface area contributed by atoms with E-state index in [0.717, 1.165) is 0 Å². The van der Waals surface area contributed by atoms with E-state index in [1.165, 1.54) is 17.3 Å². The van der Waals surface area contributed by atoms with Crippen LogP contribution in [0.3, 0.4) is 0 Å². The minimum atomic E-state index is 0.169. The van der Waals surface area contributed by atoms with Gasteiger partial charge in [-0.05, 0) is 0 Å². The summed E-state index contributed by atoms with van der Waals surface area (Å²) in [5.41, 5.74) is 2.81. The second-order valence-corrected chi connectivity index (χ2v) is 4.34. The minimum absolute atomic E-state index is 0.169. The molecule has 8 heavy (non-hydrogen) atoms. The molecule has 0 unspecified atom stereocenters. The first kappa shape index (κ1) is 8.31. The van der Waals surface area contributed by atoms with Crippen LogP contribution in [-0.2, 0) is 0 Å². The number of hydrogen-bond donors (Lipinski definition) is 0. The maximum absolute atomic E-state index is 3.51. The van der Waals surface area contributed by atoms with Gasteiger partial charge in [-0.25, -0.2) is 0 Å². The van der Waals surface area contributed by atoms with Crippen molar-refractivity contribution < 1.29 is 0 Å². The molecule has 0 aliphatic heterocycles. The van der Waals surface area contributed by atoms with Gasteiger partial charge in [0.1, 0.15) is 0 Å². The van der Waals surface area contributed by atoms with Crippen molar-refractivity contribution in [3.05, 3.63) is 16.4 Å². The zero-order chi connectivity index (χ0) is 6.24. The van der Waals surface area contributed by atoms with Crippen molar-refractivity contribution in [2.45, 2.75) is 24.2 Å². The van der Waals surface area contributed by atoms with Crippen LogP contribution in [0.2, 0.25) is 4.47 Å². The molecule has 46 valence electrons. The summed E-state index contributed by atoms with van der Waals surface area (Å²) >= 11 is 0.169. The molecule has 0 aromatic rings. The van der Waals surface area contributed by atoms with Crippen molar-refractivity contribution in [3.63, 3.8) is 0 Å². The Kier molecular flexibility index (Phi) is 7.59. The normalized spacial score (nSPS) is 8.12. The van der Waals surface area contributed by atoms with Crippen LogP contribution >= 0.6 is 0 Å². The van der Waals surface area contributed by atoms with Gasteiger partial charge in [0, 0.05) is 0 Å². The van der Waals surface area contributed by atoms with Crippen molar-refractivity contribution >= 4 is 20.9 Å². The van der Waals surface area contributed by atoms with E-state index in [9.17, 15) is 0 Å². The molecule has 1 heteroatoms. The van der Waals surface area contributed by atoms with E-state index in [1.807, 2.05) is 0 Å². The van der Waals surface area contributed by atoms with E-state index in [4.69, 9.17) is 0 Å². The van der Waals surface area contributed by atoms with Crippen LogP contribution in [-0.4, -0.2) is 20.9 Å². The quantitative estimate of drug-likeness (QED) is 0.390. The molecule has 0 nitrogen and oxygen atoms in total. The van der Waals surface area contributed by atoms with E-state index in [1.54, 1.807) is 0 Å². The fourth-order valence-electron chi connectivity index (χ4n) is 0.346. The van der Waals surface area contributed by atoms with Crippen LogP contribution in [0.5, 0.6) is 0 Å². The van der Waals surface area contributed by atoms with Gasteiger partial charge in [0.15, 0.2) is 0 Å². The molecule has 0 radical (unpaired) electrons. The number of rotatable bonds is 4. The third kappa shape index (κ3) is 6.31. The second-order valence-electron chi connectivity index (χ2n) is 1.55. The standard InChI is InChI=1S/C7H12Te/c1-3-5-7-8-6-4-2/h6H,2-3,5,7H2,1H3. The molecule has 0 aromatic heterocycles. The summed E-state index contributed by atoms with van der Waals surface area (Å²) in [7, 11) is 0. The van der Waals surface area contributed by atoms with Gasteiger partial charge >= 0.3 is 61.6 Å². The van der Waals surface area contributed by atoms with Gasteiger partial charge in [-0.15, -0.1) is 0 Å². The summed E-state index contributed by atoms with van der Waals surface area (Å²) < 4.78 is 3.55. The Morgan fingerprint density at radius 2 is 2.50 bits per heavy atom. The molecule has 0 saturated heterocycles. The molecule has 0 atom stereocenters. The Morgan fingerprint density at radius 3 is 3.00 bits per heavy atom. The van der Waals surface area contributed by atoms with Crippen LogP contribution in [0, 0.1) is 0 Å². The predicted octanol–water partition coefficient (Wildman–Crippen LogP) is 2.21. The second kappa shape index (κ2) is 7.31. The summed E-state index contributed by atoms with van der Waals surface area (Å²) in [5.74, 6) is 0. The molecule has 0 heterocycles. The Bertz CT molecular complexity index is 80.4. The number of hydrogen-bond acceptors (Lipinski definition) is 0. The fourth-order valence-corrected chi connectivity index (χ4v) is 2.32. The van der Waals surface area contributed by atoms with Gasteiger partial charge in [0.05, 0.1) is 0 Å². The predicted molar refractivity (Wildman–Crippen MR) is 39.2 cm³/mol. The fraction of sp³-hybridized carbons (Fsp3) is 0.571. The van der Waals surface area contributed by atoms with Gasteiger partial charge in [-0.1, -0.05) is 0 Å². The maximum atomic E-state index is 3.51. The molecule has 0 amide bonds. The number of unbranched alkanes of at least 4 members (excludes halogenated alkanes) is 1. The average Bonchev–Trinajstić information content (AvgIpc) is 1.81. The van der Waals surface area contributed by atoms with Crippen LogP contribution < -0.4 is 0 Å². The average molecular weight is 224 g/mol. The zero-order valence-corrected chi connectivity index (χ0v) is 7.64. The molecule has 0 N–H and O–H groups in total. The van der Waals surface area contributed by atoms with Crippen molar-refractivity contribution in [1.29, 1.82) is 0 Å². The molecule has 0 aliphatic rings. The summed E-state index contributed by atoms with van der Waals surface area (Å²) in [6.07, 6.45) is 2.72. The summed E-state index contributed by atoms with van der Waals surface area (Å²) in [6.45, 7) is 5.74.